The number of nitrogens with zero attached hydrogens (tertiary/aromatic N) is 1. The molecule has 1 aromatic rings. The van der Waals surface area contributed by atoms with E-state index in [4.69, 9.17) is 4.74 Å². The second kappa shape index (κ2) is 6.78. The van der Waals surface area contributed by atoms with E-state index >= 15 is 0 Å². The Hall–Kier alpha value is -0.850. The van der Waals surface area contributed by atoms with Crippen LogP contribution in [-0.2, 0) is 27.7 Å². The van der Waals surface area contributed by atoms with Crippen LogP contribution in [0.1, 0.15) is 5.56 Å². The summed E-state index contributed by atoms with van der Waals surface area (Å²) in [5, 5.41) is 3.23. The molecule has 0 saturated heterocycles. The van der Waals surface area contributed by atoms with Crippen LogP contribution < -0.4 is 5.32 Å². The highest BCUT2D eigenvalue weighted by Crippen LogP contribution is 2.01. The highest BCUT2D eigenvalue weighted by Gasteiger charge is 2.03. The second-order valence-electron chi connectivity index (χ2n) is 4.06. The van der Waals surface area contributed by atoms with E-state index < -0.39 is 9.84 Å². The fourth-order valence-electron chi connectivity index (χ4n) is 1.41. The lowest BCUT2D eigenvalue weighted by Gasteiger charge is -2.02. The molecule has 0 aliphatic heterocycles. The minimum Gasteiger partial charge on any atom is -0.383 e. The normalized spacial score (nSPS) is 11.9. The Morgan fingerprint density at radius 2 is 2.24 bits per heavy atom. The first-order chi connectivity index (χ1) is 8.01. The van der Waals surface area contributed by atoms with E-state index in [0.29, 0.717) is 13.2 Å². The third kappa shape index (κ3) is 6.45. The quantitative estimate of drug-likeness (QED) is 0.682. The van der Waals surface area contributed by atoms with Gasteiger partial charge in [0.15, 0.2) is 0 Å². The van der Waals surface area contributed by atoms with Gasteiger partial charge in [0.1, 0.15) is 9.84 Å². The number of nitrogens with one attached hydrogen (secondary N) is 1. The van der Waals surface area contributed by atoms with Crippen molar-refractivity contribution < 1.29 is 13.2 Å². The molecule has 1 heterocycles. The van der Waals surface area contributed by atoms with Gasteiger partial charge < -0.3 is 14.6 Å². The molecule has 5 nitrogen and oxygen atoms in total. The summed E-state index contributed by atoms with van der Waals surface area (Å²) in [7, 11) is -1.22. The summed E-state index contributed by atoms with van der Waals surface area (Å²) in [6.07, 6.45) is 5.12. The molecule has 98 valence electrons. The van der Waals surface area contributed by atoms with Gasteiger partial charge in [-0.1, -0.05) is 0 Å². The van der Waals surface area contributed by atoms with Crippen molar-refractivity contribution >= 4 is 9.84 Å². The molecular formula is C11H20N2O3S. The van der Waals surface area contributed by atoms with E-state index in [0.717, 1.165) is 18.7 Å². The lowest BCUT2D eigenvalue weighted by molar-refractivity contribution is 0.199. The lowest BCUT2D eigenvalue weighted by Crippen LogP contribution is -2.18. The Kier molecular flexibility index (Phi) is 5.67. The SMILES string of the molecule is COCCNCc1ccn(CCS(C)(=O)=O)c1. The zero-order valence-electron chi connectivity index (χ0n) is 10.3. The van der Waals surface area contributed by atoms with Crippen LogP contribution in [0.5, 0.6) is 0 Å². The van der Waals surface area contributed by atoms with Gasteiger partial charge >= 0.3 is 0 Å². The van der Waals surface area contributed by atoms with Crippen molar-refractivity contribution in [1.29, 1.82) is 0 Å². The minimum absolute atomic E-state index is 0.179. The zero-order chi connectivity index (χ0) is 12.7. The lowest BCUT2D eigenvalue weighted by atomic mass is 10.3. The van der Waals surface area contributed by atoms with Crippen LogP contribution in [0.25, 0.3) is 0 Å². The van der Waals surface area contributed by atoms with Gasteiger partial charge in [0.2, 0.25) is 0 Å². The Morgan fingerprint density at radius 3 is 2.88 bits per heavy atom. The van der Waals surface area contributed by atoms with E-state index in [1.165, 1.54) is 6.26 Å². The molecule has 0 amide bonds. The van der Waals surface area contributed by atoms with Crippen molar-refractivity contribution in [2.45, 2.75) is 13.1 Å². The number of aromatic nitrogens is 1. The molecule has 0 aliphatic rings. The minimum atomic E-state index is -2.89. The van der Waals surface area contributed by atoms with Crippen molar-refractivity contribution in [3.8, 4) is 0 Å². The third-order valence-corrected chi connectivity index (χ3v) is 3.27. The molecule has 0 aliphatic carbocycles. The van der Waals surface area contributed by atoms with Crippen LogP contribution in [0.15, 0.2) is 18.5 Å². The molecule has 1 N–H and O–H groups in total. The molecule has 1 rings (SSSR count). The van der Waals surface area contributed by atoms with Crippen molar-refractivity contribution in [2.24, 2.45) is 0 Å². The molecule has 1 aromatic heterocycles. The molecule has 0 aromatic carbocycles. The van der Waals surface area contributed by atoms with Gasteiger partial charge in [-0.25, -0.2) is 8.42 Å². The topological polar surface area (TPSA) is 60.3 Å². The summed E-state index contributed by atoms with van der Waals surface area (Å²) < 4.78 is 28.9. The van der Waals surface area contributed by atoms with Crippen molar-refractivity contribution in [2.75, 3.05) is 32.3 Å². The summed E-state index contributed by atoms with van der Waals surface area (Å²) >= 11 is 0. The van der Waals surface area contributed by atoms with Crippen LogP contribution in [0, 0.1) is 0 Å². The molecule has 0 spiro atoms. The number of sulfone groups is 1. The van der Waals surface area contributed by atoms with E-state index in [1.807, 2.05) is 23.0 Å². The van der Waals surface area contributed by atoms with Crippen LogP contribution >= 0.6 is 0 Å². The summed E-state index contributed by atoms with van der Waals surface area (Å²) in [6, 6.07) is 1.99. The number of hydrogen-bond donors (Lipinski definition) is 1. The largest absolute Gasteiger partial charge is 0.383 e. The van der Waals surface area contributed by atoms with Crippen LogP contribution in [0.4, 0.5) is 0 Å². The van der Waals surface area contributed by atoms with Crippen molar-refractivity contribution in [3.63, 3.8) is 0 Å². The second-order valence-corrected chi connectivity index (χ2v) is 6.32. The number of rotatable bonds is 8. The monoisotopic (exact) mass is 260 g/mol. The number of methoxy groups -OCH3 is 1. The first-order valence-electron chi connectivity index (χ1n) is 5.53. The molecule has 6 heteroatoms. The maximum Gasteiger partial charge on any atom is 0.149 e. The number of ether oxygens (including phenoxy) is 1. The molecule has 17 heavy (non-hydrogen) atoms. The average Bonchev–Trinajstić information content (AvgIpc) is 2.69. The summed E-state index contributed by atoms with van der Waals surface area (Å²) in [6.45, 7) is 2.78. The molecule has 0 unspecified atom stereocenters. The van der Waals surface area contributed by atoms with E-state index in [-0.39, 0.29) is 5.75 Å². The summed E-state index contributed by atoms with van der Waals surface area (Å²) in [5.41, 5.74) is 1.15. The first-order valence-corrected chi connectivity index (χ1v) is 7.59. The maximum atomic E-state index is 11.0. The van der Waals surface area contributed by atoms with Crippen molar-refractivity contribution in [3.05, 3.63) is 24.0 Å². The van der Waals surface area contributed by atoms with E-state index in [1.54, 1.807) is 7.11 Å². The van der Waals surface area contributed by atoms with Gasteiger partial charge in [-0.15, -0.1) is 0 Å². The predicted molar refractivity (Wildman–Crippen MR) is 67.7 cm³/mol. The molecule has 0 saturated carbocycles. The molecule has 0 atom stereocenters. The van der Waals surface area contributed by atoms with Gasteiger partial charge in [0.25, 0.3) is 0 Å². The number of hydrogen-bond acceptors (Lipinski definition) is 4. The molecule has 0 fully saturated rings. The standard InChI is InChI=1S/C11H20N2O3S/c1-16-7-4-12-9-11-3-5-13(10-11)6-8-17(2,14)15/h3,5,10,12H,4,6-9H2,1-2H3. The van der Waals surface area contributed by atoms with Gasteiger partial charge in [0, 0.05) is 45.4 Å². The van der Waals surface area contributed by atoms with Gasteiger partial charge in [-0.05, 0) is 11.6 Å². The highest BCUT2D eigenvalue weighted by molar-refractivity contribution is 7.90. The average molecular weight is 260 g/mol. The Morgan fingerprint density at radius 1 is 1.47 bits per heavy atom. The predicted octanol–water partition coefficient (Wildman–Crippen LogP) is 0.269. The summed E-state index contributed by atoms with van der Waals surface area (Å²) in [5.74, 6) is 0.179. The van der Waals surface area contributed by atoms with Gasteiger partial charge in [0.05, 0.1) is 12.4 Å². The fourth-order valence-corrected chi connectivity index (χ4v) is 1.95. The van der Waals surface area contributed by atoms with Gasteiger partial charge in [-0.2, -0.15) is 0 Å². The van der Waals surface area contributed by atoms with E-state index in [2.05, 4.69) is 5.32 Å². The van der Waals surface area contributed by atoms with Crippen molar-refractivity contribution in [1.82, 2.24) is 9.88 Å². The molecule has 0 bridgehead atoms. The van der Waals surface area contributed by atoms with Crippen LogP contribution in [0.2, 0.25) is 0 Å². The molecular weight excluding hydrogens is 240 g/mol. The van der Waals surface area contributed by atoms with E-state index in [9.17, 15) is 8.42 Å². The zero-order valence-corrected chi connectivity index (χ0v) is 11.2. The maximum absolute atomic E-state index is 11.0. The first kappa shape index (κ1) is 14.2. The highest BCUT2D eigenvalue weighted by atomic mass is 32.2. The smallest absolute Gasteiger partial charge is 0.149 e. The Labute approximate surface area is 103 Å². The Balaban J connectivity index is 2.32. The third-order valence-electron chi connectivity index (χ3n) is 2.34. The number of aryl methyl sites for hydroxylation is 1. The molecule has 0 radical (unpaired) electrons. The Bertz CT molecular complexity index is 426. The van der Waals surface area contributed by atoms with Crippen LogP contribution in [-0.4, -0.2) is 45.3 Å². The van der Waals surface area contributed by atoms with Gasteiger partial charge in [-0.3, -0.25) is 0 Å². The fraction of sp³-hybridized carbons (Fsp3) is 0.636. The van der Waals surface area contributed by atoms with Crippen LogP contribution in [0.3, 0.4) is 0 Å². The summed E-state index contributed by atoms with van der Waals surface area (Å²) in [4.78, 5) is 0.